The summed E-state index contributed by atoms with van der Waals surface area (Å²) < 4.78 is 9.14. The highest BCUT2D eigenvalue weighted by atomic mass is 16.5. The lowest BCUT2D eigenvalue weighted by molar-refractivity contribution is 0.415. The minimum Gasteiger partial charge on any atom is -0.497 e. The maximum atomic E-state index is 6.00. The van der Waals surface area contributed by atoms with Gasteiger partial charge in [-0.1, -0.05) is 0 Å². The van der Waals surface area contributed by atoms with Crippen molar-refractivity contribution in [2.24, 2.45) is 0 Å². The summed E-state index contributed by atoms with van der Waals surface area (Å²) in [6, 6.07) is 5.75. The van der Waals surface area contributed by atoms with Gasteiger partial charge in [0, 0.05) is 18.8 Å². The molecule has 6 nitrogen and oxygen atoms in total. The SMILES string of the molecule is COc1ccc2nc(N)n(CCn3cc(C)cn3)c2c1. The molecule has 2 aromatic heterocycles. The van der Waals surface area contributed by atoms with Crippen molar-refractivity contribution in [1.82, 2.24) is 19.3 Å². The van der Waals surface area contributed by atoms with Gasteiger partial charge in [-0.15, -0.1) is 0 Å². The molecule has 2 N–H and O–H groups in total. The first-order valence-electron chi connectivity index (χ1n) is 6.46. The molecular weight excluding hydrogens is 254 g/mol. The van der Waals surface area contributed by atoms with Gasteiger partial charge in [-0.25, -0.2) is 4.98 Å². The van der Waals surface area contributed by atoms with Gasteiger partial charge in [0.15, 0.2) is 0 Å². The predicted molar refractivity (Wildman–Crippen MR) is 77.7 cm³/mol. The van der Waals surface area contributed by atoms with E-state index in [2.05, 4.69) is 10.1 Å². The molecule has 104 valence electrons. The second-order valence-electron chi connectivity index (χ2n) is 4.76. The van der Waals surface area contributed by atoms with Crippen molar-refractivity contribution in [3.8, 4) is 5.75 Å². The molecule has 0 unspecified atom stereocenters. The van der Waals surface area contributed by atoms with E-state index < -0.39 is 0 Å². The number of fused-ring (bicyclic) bond motifs is 1. The summed E-state index contributed by atoms with van der Waals surface area (Å²) in [5.41, 5.74) is 9.00. The molecule has 6 heteroatoms. The summed E-state index contributed by atoms with van der Waals surface area (Å²) in [5.74, 6) is 1.31. The van der Waals surface area contributed by atoms with E-state index in [9.17, 15) is 0 Å². The number of aromatic nitrogens is 4. The van der Waals surface area contributed by atoms with E-state index in [1.54, 1.807) is 7.11 Å². The first kappa shape index (κ1) is 12.5. The van der Waals surface area contributed by atoms with Crippen molar-refractivity contribution in [3.05, 3.63) is 36.2 Å². The second-order valence-corrected chi connectivity index (χ2v) is 4.76. The van der Waals surface area contributed by atoms with Gasteiger partial charge >= 0.3 is 0 Å². The molecular formula is C14H17N5O. The highest BCUT2D eigenvalue weighted by Crippen LogP contribution is 2.23. The largest absolute Gasteiger partial charge is 0.497 e. The number of rotatable bonds is 4. The minimum atomic E-state index is 0.511. The fourth-order valence-electron chi connectivity index (χ4n) is 2.27. The maximum Gasteiger partial charge on any atom is 0.201 e. The van der Waals surface area contributed by atoms with Crippen molar-refractivity contribution >= 4 is 17.0 Å². The highest BCUT2D eigenvalue weighted by molar-refractivity contribution is 5.79. The zero-order valence-electron chi connectivity index (χ0n) is 11.6. The Morgan fingerprint density at radius 3 is 2.85 bits per heavy atom. The summed E-state index contributed by atoms with van der Waals surface area (Å²) in [6.07, 6.45) is 3.86. The number of aryl methyl sites for hydroxylation is 3. The molecule has 0 saturated heterocycles. The summed E-state index contributed by atoms with van der Waals surface area (Å²) in [7, 11) is 1.65. The van der Waals surface area contributed by atoms with Gasteiger partial charge in [0.05, 0.1) is 30.9 Å². The van der Waals surface area contributed by atoms with Gasteiger partial charge in [-0.2, -0.15) is 5.10 Å². The quantitative estimate of drug-likeness (QED) is 0.786. The van der Waals surface area contributed by atoms with Crippen molar-refractivity contribution in [3.63, 3.8) is 0 Å². The molecule has 3 aromatic rings. The zero-order valence-corrected chi connectivity index (χ0v) is 11.6. The summed E-state index contributed by atoms with van der Waals surface area (Å²) in [5, 5.41) is 4.28. The molecule has 0 radical (unpaired) electrons. The molecule has 0 aliphatic heterocycles. The fraction of sp³-hybridized carbons (Fsp3) is 0.286. The molecule has 0 amide bonds. The van der Waals surface area contributed by atoms with Gasteiger partial charge in [-0.05, 0) is 24.6 Å². The number of ether oxygens (including phenoxy) is 1. The van der Waals surface area contributed by atoms with E-state index in [1.165, 1.54) is 0 Å². The van der Waals surface area contributed by atoms with E-state index in [0.29, 0.717) is 5.95 Å². The van der Waals surface area contributed by atoms with Crippen molar-refractivity contribution in [2.75, 3.05) is 12.8 Å². The highest BCUT2D eigenvalue weighted by Gasteiger charge is 2.09. The molecule has 0 aliphatic rings. The van der Waals surface area contributed by atoms with E-state index in [0.717, 1.165) is 35.4 Å². The molecule has 0 aliphatic carbocycles. The zero-order chi connectivity index (χ0) is 14.1. The molecule has 0 atom stereocenters. The first-order chi connectivity index (χ1) is 9.67. The maximum absolute atomic E-state index is 6.00. The Balaban J connectivity index is 1.91. The summed E-state index contributed by atoms with van der Waals surface area (Å²) in [4.78, 5) is 4.36. The lowest BCUT2D eigenvalue weighted by Gasteiger charge is -2.07. The number of benzene rings is 1. The average Bonchev–Trinajstić information content (AvgIpc) is 2.98. The Kier molecular flexibility index (Phi) is 3.06. The van der Waals surface area contributed by atoms with Crippen LogP contribution in [0.25, 0.3) is 11.0 Å². The van der Waals surface area contributed by atoms with Gasteiger partial charge in [0.25, 0.3) is 0 Å². The summed E-state index contributed by atoms with van der Waals surface area (Å²) in [6.45, 7) is 3.49. The number of hydrogen-bond donors (Lipinski definition) is 1. The topological polar surface area (TPSA) is 70.9 Å². The number of nitrogen functional groups attached to an aromatic ring is 1. The second kappa shape index (κ2) is 4.88. The van der Waals surface area contributed by atoms with Crippen LogP contribution in [0.1, 0.15) is 5.56 Å². The van der Waals surface area contributed by atoms with Crippen LogP contribution in [-0.4, -0.2) is 26.4 Å². The van der Waals surface area contributed by atoms with E-state index >= 15 is 0 Å². The number of anilines is 1. The van der Waals surface area contributed by atoms with Crippen LogP contribution in [0.4, 0.5) is 5.95 Å². The number of nitrogens with two attached hydrogens (primary N) is 1. The third-order valence-electron chi connectivity index (χ3n) is 3.30. The Morgan fingerprint density at radius 2 is 2.15 bits per heavy atom. The Labute approximate surface area is 116 Å². The van der Waals surface area contributed by atoms with Gasteiger partial charge in [0.2, 0.25) is 5.95 Å². The Morgan fingerprint density at radius 1 is 1.30 bits per heavy atom. The van der Waals surface area contributed by atoms with E-state index in [4.69, 9.17) is 10.5 Å². The normalized spacial score (nSPS) is 11.1. The monoisotopic (exact) mass is 271 g/mol. The number of hydrogen-bond acceptors (Lipinski definition) is 4. The Hall–Kier alpha value is -2.50. The Bertz CT molecular complexity index is 743. The van der Waals surface area contributed by atoms with E-state index in [1.807, 2.05) is 46.8 Å². The van der Waals surface area contributed by atoms with Crippen LogP contribution in [0.5, 0.6) is 5.75 Å². The molecule has 0 spiro atoms. The van der Waals surface area contributed by atoms with Crippen molar-refractivity contribution in [1.29, 1.82) is 0 Å². The first-order valence-corrected chi connectivity index (χ1v) is 6.46. The molecule has 0 fully saturated rings. The number of imidazole rings is 1. The van der Waals surface area contributed by atoms with Crippen LogP contribution in [0.15, 0.2) is 30.6 Å². The van der Waals surface area contributed by atoms with Crippen molar-refractivity contribution in [2.45, 2.75) is 20.0 Å². The van der Waals surface area contributed by atoms with Crippen molar-refractivity contribution < 1.29 is 4.74 Å². The van der Waals surface area contributed by atoms with Crippen LogP contribution in [-0.2, 0) is 13.1 Å². The smallest absolute Gasteiger partial charge is 0.201 e. The lowest BCUT2D eigenvalue weighted by atomic mass is 10.3. The van der Waals surface area contributed by atoms with Crippen LogP contribution in [0, 0.1) is 6.92 Å². The third kappa shape index (κ3) is 2.20. The average molecular weight is 271 g/mol. The predicted octanol–water partition coefficient (Wildman–Crippen LogP) is 1.83. The molecule has 1 aromatic carbocycles. The molecule has 0 bridgehead atoms. The van der Waals surface area contributed by atoms with Gasteiger partial charge in [0.1, 0.15) is 5.75 Å². The van der Waals surface area contributed by atoms with Crippen LogP contribution in [0.3, 0.4) is 0 Å². The van der Waals surface area contributed by atoms with E-state index in [-0.39, 0.29) is 0 Å². The number of nitrogens with zero attached hydrogens (tertiary/aromatic N) is 4. The molecule has 2 heterocycles. The standard InChI is InChI=1S/C14H17N5O/c1-10-8-16-18(9-10)5-6-19-13-7-11(20-2)3-4-12(13)17-14(19)15/h3-4,7-9H,5-6H2,1-2H3,(H2,15,17). The minimum absolute atomic E-state index is 0.511. The van der Waals surface area contributed by atoms with Crippen LogP contribution >= 0.6 is 0 Å². The molecule has 0 saturated carbocycles. The number of methoxy groups -OCH3 is 1. The lowest BCUT2D eigenvalue weighted by Crippen LogP contribution is -2.10. The van der Waals surface area contributed by atoms with Crippen LogP contribution < -0.4 is 10.5 Å². The van der Waals surface area contributed by atoms with Gasteiger partial charge < -0.3 is 15.0 Å². The molecule has 20 heavy (non-hydrogen) atoms. The fourth-order valence-corrected chi connectivity index (χ4v) is 2.27. The van der Waals surface area contributed by atoms with Gasteiger partial charge in [-0.3, -0.25) is 4.68 Å². The third-order valence-corrected chi connectivity index (χ3v) is 3.30. The van der Waals surface area contributed by atoms with Crippen LogP contribution in [0.2, 0.25) is 0 Å². The summed E-state index contributed by atoms with van der Waals surface area (Å²) >= 11 is 0. The molecule has 3 rings (SSSR count).